The van der Waals surface area contributed by atoms with Crippen molar-refractivity contribution in [3.8, 4) is 5.75 Å². The van der Waals surface area contributed by atoms with Crippen LogP contribution in [-0.4, -0.2) is 46.0 Å². The van der Waals surface area contributed by atoms with Crippen LogP contribution in [-0.2, 0) is 14.8 Å². The van der Waals surface area contributed by atoms with Crippen molar-refractivity contribution in [2.75, 3.05) is 31.0 Å². The van der Waals surface area contributed by atoms with Crippen molar-refractivity contribution < 1.29 is 17.9 Å². The molecule has 1 heterocycles. The number of carbonyl (C=O) groups excluding carboxylic acids is 1. The Morgan fingerprint density at radius 1 is 1.21 bits per heavy atom. The van der Waals surface area contributed by atoms with E-state index in [1.54, 1.807) is 46.7 Å². The third-order valence-corrected chi connectivity index (χ3v) is 7.83. The first-order chi connectivity index (χ1) is 13.5. The molecule has 0 aliphatic heterocycles. The zero-order valence-corrected chi connectivity index (χ0v) is 17.8. The van der Waals surface area contributed by atoms with Gasteiger partial charge in [-0.3, -0.25) is 9.10 Å². The summed E-state index contributed by atoms with van der Waals surface area (Å²) in [4.78, 5) is 14.9. The van der Waals surface area contributed by atoms with Gasteiger partial charge >= 0.3 is 0 Å². The van der Waals surface area contributed by atoms with Crippen LogP contribution in [0.15, 0.2) is 46.0 Å². The Morgan fingerprint density at radius 2 is 1.96 bits per heavy atom. The molecule has 2 aromatic rings. The number of amides is 1. The van der Waals surface area contributed by atoms with Gasteiger partial charge in [0.1, 0.15) is 16.5 Å². The number of sulfonamides is 1. The fourth-order valence-electron chi connectivity index (χ4n) is 3.08. The molecule has 3 rings (SSSR count). The molecule has 152 valence electrons. The summed E-state index contributed by atoms with van der Waals surface area (Å²) in [5, 5.41) is 1.71. The Balaban J connectivity index is 1.95. The summed E-state index contributed by atoms with van der Waals surface area (Å²) in [5.74, 6) is 0.781. The van der Waals surface area contributed by atoms with Crippen LogP contribution in [0.1, 0.15) is 26.2 Å². The molecule has 1 aromatic heterocycles. The van der Waals surface area contributed by atoms with Gasteiger partial charge in [-0.2, -0.15) is 0 Å². The maximum Gasteiger partial charge on any atom is 0.274 e. The number of ether oxygens (including phenoxy) is 1. The van der Waals surface area contributed by atoms with Gasteiger partial charge in [0.25, 0.3) is 10.0 Å². The number of hydrogen-bond donors (Lipinski definition) is 0. The number of rotatable bonds is 10. The molecule has 1 saturated carbocycles. The first kappa shape index (κ1) is 20.7. The maximum atomic E-state index is 13.3. The predicted molar refractivity (Wildman–Crippen MR) is 111 cm³/mol. The topological polar surface area (TPSA) is 66.9 Å². The molecule has 1 fully saturated rings. The van der Waals surface area contributed by atoms with Crippen molar-refractivity contribution in [3.05, 3.63) is 41.8 Å². The number of thiophene rings is 1. The van der Waals surface area contributed by atoms with E-state index in [9.17, 15) is 13.2 Å². The van der Waals surface area contributed by atoms with Gasteiger partial charge in [-0.05, 0) is 48.8 Å². The number of methoxy groups -OCH3 is 1. The van der Waals surface area contributed by atoms with Crippen LogP contribution in [0, 0.1) is 5.92 Å². The highest BCUT2D eigenvalue weighted by Gasteiger charge is 2.33. The number of benzene rings is 1. The average molecular weight is 423 g/mol. The average Bonchev–Trinajstić information content (AvgIpc) is 3.33. The minimum atomic E-state index is -3.88. The Labute approximate surface area is 170 Å². The quantitative estimate of drug-likeness (QED) is 0.587. The van der Waals surface area contributed by atoms with E-state index in [0.717, 1.165) is 30.6 Å². The van der Waals surface area contributed by atoms with Gasteiger partial charge in [0, 0.05) is 13.1 Å². The van der Waals surface area contributed by atoms with Gasteiger partial charge in [0.2, 0.25) is 5.91 Å². The standard InChI is InChI=1S/C20H26N2O4S2/c1-3-12-21(14-16-10-11-16)19(23)15-22(17-7-4-5-8-18(17)26-2)28(24,25)20-9-6-13-27-20/h4-9,13,16H,3,10-12,14-15H2,1-2H3. The maximum absolute atomic E-state index is 13.3. The molecule has 28 heavy (non-hydrogen) atoms. The predicted octanol–water partition coefficient (Wildman–Crippen LogP) is 3.60. The largest absolute Gasteiger partial charge is 0.495 e. The van der Waals surface area contributed by atoms with Crippen molar-refractivity contribution in [2.24, 2.45) is 5.92 Å². The Bertz CT molecular complexity index is 893. The minimum Gasteiger partial charge on any atom is -0.495 e. The van der Waals surface area contributed by atoms with Crippen LogP contribution in [0.4, 0.5) is 5.69 Å². The molecule has 0 atom stereocenters. The van der Waals surface area contributed by atoms with Crippen molar-refractivity contribution in [1.82, 2.24) is 4.90 Å². The first-order valence-corrected chi connectivity index (χ1v) is 11.8. The molecule has 6 nitrogen and oxygen atoms in total. The molecule has 0 radical (unpaired) electrons. The third kappa shape index (κ3) is 4.67. The lowest BCUT2D eigenvalue weighted by Gasteiger charge is -2.29. The van der Waals surface area contributed by atoms with E-state index in [4.69, 9.17) is 4.74 Å². The molecule has 0 saturated heterocycles. The van der Waals surface area contributed by atoms with Gasteiger partial charge in [0.05, 0.1) is 12.8 Å². The minimum absolute atomic E-state index is 0.181. The molecule has 1 aliphatic carbocycles. The van der Waals surface area contributed by atoms with Gasteiger partial charge in [-0.15, -0.1) is 11.3 Å². The van der Waals surface area contributed by atoms with E-state index in [2.05, 4.69) is 0 Å². The molecule has 0 spiro atoms. The van der Waals surface area contributed by atoms with Crippen molar-refractivity contribution in [2.45, 2.75) is 30.4 Å². The lowest BCUT2D eigenvalue weighted by molar-refractivity contribution is -0.129. The zero-order valence-electron chi connectivity index (χ0n) is 16.2. The third-order valence-electron chi connectivity index (χ3n) is 4.69. The fourth-order valence-corrected chi connectivity index (χ4v) is 5.61. The highest BCUT2D eigenvalue weighted by molar-refractivity contribution is 7.94. The SMILES string of the molecule is CCCN(CC1CC1)C(=O)CN(c1ccccc1OC)S(=O)(=O)c1cccs1. The van der Waals surface area contributed by atoms with E-state index in [1.807, 2.05) is 6.92 Å². The van der Waals surface area contributed by atoms with Gasteiger partial charge in [0.15, 0.2) is 0 Å². The van der Waals surface area contributed by atoms with E-state index >= 15 is 0 Å². The van der Waals surface area contributed by atoms with Crippen LogP contribution in [0.25, 0.3) is 0 Å². The Hall–Kier alpha value is -2.06. The lowest BCUT2D eigenvalue weighted by Crippen LogP contribution is -2.44. The number of carbonyl (C=O) groups is 1. The van der Waals surface area contributed by atoms with Crippen molar-refractivity contribution >= 4 is 33.0 Å². The molecule has 0 bridgehead atoms. The molecular weight excluding hydrogens is 396 g/mol. The van der Waals surface area contributed by atoms with E-state index in [0.29, 0.717) is 30.4 Å². The van der Waals surface area contributed by atoms with Crippen LogP contribution in [0.2, 0.25) is 0 Å². The zero-order chi connectivity index (χ0) is 20.1. The smallest absolute Gasteiger partial charge is 0.274 e. The monoisotopic (exact) mass is 422 g/mol. The molecular formula is C20H26N2O4S2. The summed E-state index contributed by atoms with van der Waals surface area (Å²) in [5.41, 5.74) is 0.370. The number of nitrogens with zero attached hydrogens (tertiary/aromatic N) is 2. The Morgan fingerprint density at radius 3 is 2.57 bits per heavy atom. The van der Waals surface area contributed by atoms with E-state index in [1.165, 1.54) is 11.4 Å². The summed E-state index contributed by atoms with van der Waals surface area (Å²) in [7, 11) is -2.38. The van der Waals surface area contributed by atoms with Crippen LogP contribution in [0.3, 0.4) is 0 Å². The number of anilines is 1. The summed E-state index contributed by atoms with van der Waals surface area (Å²) < 4.78 is 33.4. The fraction of sp³-hybridized carbons (Fsp3) is 0.450. The summed E-state index contributed by atoms with van der Waals surface area (Å²) in [6.07, 6.45) is 3.11. The number of para-hydroxylation sites is 2. The summed E-state index contributed by atoms with van der Waals surface area (Å²) in [6.45, 7) is 3.11. The summed E-state index contributed by atoms with van der Waals surface area (Å²) >= 11 is 1.14. The van der Waals surface area contributed by atoms with Crippen molar-refractivity contribution in [1.29, 1.82) is 0 Å². The van der Waals surface area contributed by atoms with Crippen LogP contribution in [0.5, 0.6) is 5.75 Å². The summed E-state index contributed by atoms with van der Waals surface area (Å²) in [6, 6.07) is 10.1. The van der Waals surface area contributed by atoms with Gasteiger partial charge < -0.3 is 9.64 Å². The van der Waals surface area contributed by atoms with Crippen molar-refractivity contribution in [3.63, 3.8) is 0 Å². The second-order valence-electron chi connectivity index (χ2n) is 6.90. The highest BCUT2D eigenvalue weighted by atomic mass is 32.2. The molecule has 8 heteroatoms. The lowest BCUT2D eigenvalue weighted by atomic mass is 10.2. The van der Waals surface area contributed by atoms with Crippen LogP contribution < -0.4 is 9.04 Å². The highest BCUT2D eigenvalue weighted by Crippen LogP contribution is 2.34. The Kier molecular flexibility index (Phi) is 6.61. The van der Waals surface area contributed by atoms with Gasteiger partial charge in [-0.1, -0.05) is 25.1 Å². The second kappa shape index (κ2) is 8.96. The molecule has 0 N–H and O–H groups in total. The van der Waals surface area contributed by atoms with E-state index < -0.39 is 10.0 Å². The first-order valence-electron chi connectivity index (χ1n) is 9.44. The second-order valence-corrected chi connectivity index (χ2v) is 9.94. The van der Waals surface area contributed by atoms with Crippen LogP contribution >= 0.6 is 11.3 Å². The molecule has 1 aromatic carbocycles. The van der Waals surface area contributed by atoms with E-state index in [-0.39, 0.29) is 16.7 Å². The number of hydrogen-bond acceptors (Lipinski definition) is 5. The molecule has 1 amide bonds. The normalized spacial score (nSPS) is 13.9. The van der Waals surface area contributed by atoms with Gasteiger partial charge in [-0.25, -0.2) is 8.42 Å². The molecule has 0 unspecified atom stereocenters. The molecule has 1 aliphatic rings.